The van der Waals surface area contributed by atoms with Crippen molar-refractivity contribution in [2.45, 2.75) is 19.4 Å². The molecule has 0 aromatic carbocycles. The van der Waals surface area contributed by atoms with Crippen molar-refractivity contribution >= 4 is 0 Å². The summed E-state index contributed by atoms with van der Waals surface area (Å²) in [5.74, 6) is 0. The van der Waals surface area contributed by atoms with Crippen LogP contribution in [0.3, 0.4) is 0 Å². The lowest BCUT2D eigenvalue weighted by atomic mass is 10.2. The smallest absolute Gasteiger partial charge is 0.0593 e. The zero-order chi connectivity index (χ0) is 11.2. The Kier molecular flexibility index (Phi) is 5.03. The van der Waals surface area contributed by atoms with Crippen LogP contribution in [0, 0.1) is 0 Å². The summed E-state index contributed by atoms with van der Waals surface area (Å²) in [6.07, 6.45) is 1.19. The summed E-state index contributed by atoms with van der Waals surface area (Å²) in [7, 11) is 0. The Morgan fingerprint density at radius 1 is 1.12 bits per heavy atom. The number of rotatable bonds is 3. The van der Waals surface area contributed by atoms with Gasteiger partial charge in [0.25, 0.3) is 0 Å². The fourth-order valence-electron chi connectivity index (χ4n) is 2.59. The lowest BCUT2D eigenvalue weighted by Crippen LogP contribution is -2.49. The summed E-state index contributed by atoms with van der Waals surface area (Å²) >= 11 is 0. The number of ether oxygens (including phenoxy) is 1. The molecule has 4 heteroatoms. The molecule has 0 aliphatic carbocycles. The van der Waals surface area contributed by atoms with Gasteiger partial charge in [0.2, 0.25) is 0 Å². The first-order valence-corrected chi connectivity index (χ1v) is 6.61. The molecule has 1 N–H and O–H groups in total. The monoisotopic (exact) mass is 227 g/mol. The van der Waals surface area contributed by atoms with Crippen LogP contribution in [0.5, 0.6) is 0 Å². The van der Waals surface area contributed by atoms with Gasteiger partial charge in [0.1, 0.15) is 0 Å². The molecule has 0 radical (unpaired) electrons. The SMILES string of the molecule is CC(CN1CCNCC1)N1CCCOCC1. The van der Waals surface area contributed by atoms with Crippen LogP contribution >= 0.6 is 0 Å². The summed E-state index contributed by atoms with van der Waals surface area (Å²) < 4.78 is 5.50. The topological polar surface area (TPSA) is 27.7 Å². The molecule has 94 valence electrons. The van der Waals surface area contributed by atoms with E-state index in [2.05, 4.69) is 22.0 Å². The first kappa shape index (κ1) is 12.3. The van der Waals surface area contributed by atoms with Crippen molar-refractivity contribution in [1.29, 1.82) is 0 Å². The molecule has 16 heavy (non-hydrogen) atoms. The maximum atomic E-state index is 5.50. The highest BCUT2D eigenvalue weighted by Gasteiger charge is 2.19. The third-order valence-corrected chi connectivity index (χ3v) is 3.61. The van der Waals surface area contributed by atoms with E-state index < -0.39 is 0 Å². The Morgan fingerprint density at radius 3 is 2.75 bits per heavy atom. The second-order valence-electron chi connectivity index (χ2n) is 4.90. The molecule has 2 heterocycles. The minimum absolute atomic E-state index is 0.666. The molecule has 1 unspecified atom stereocenters. The predicted molar refractivity (Wildman–Crippen MR) is 65.8 cm³/mol. The zero-order valence-corrected chi connectivity index (χ0v) is 10.5. The summed E-state index contributed by atoms with van der Waals surface area (Å²) in [6, 6.07) is 0.666. The fourth-order valence-corrected chi connectivity index (χ4v) is 2.59. The van der Waals surface area contributed by atoms with Crippen LogP contribution in [0.15, 0.2) is 0 Å². The van der Waals surface area contributed by atoms with Gasteiger partial charge in [-0.2, -0.15) is 0 Å². The summed E-state index contributed by atoms with van der Waals surface area (Å²) in [6.45, 7) is 12.4. The van der Waals surface area contributed by atoms with E-state index in [0.29, 0.717) is 6.04 Å². The highest BCUT2D eigenvalue weighted by Crippen LogP contribution is 2.07. The molecule has 2 fully saturated rings. The third-order valence-electron chi connectivity index (χ3n) is 3.61. The highest BCUT2D eigenvalue weighted by molar-refractivity contribution is 4.76. The van der Waals surface area contributed by atoms with Crippen molar-refractivity contribution in [1.82, 2.24) is 15.1 Å². The average molecular weight is 227 g/mol. The largest absolute Gasteiger partial charge is 0.380 e. The number of nitrogens with zero attached hydrogens (tertiary/aromatic N) is 2. The highest BCUT2D eigenvalue weighted by atomic mass is 16.5. The van der Waals surface area contributed by atoms with E-state index in [-0.39, 0.29) is 0 Å². The molecule has 2 saturated heterocycles. The van der Waals surface area contributed by atoms with Gasteiger partial charge in [-0.25, -0.2) is 0 Å². The van der Waals surface area contributed by atoms with Gasteiger partial charge >= 0.3 is 0 Å². The first-order valence-electron chi connectivity index (χ1n) is 6.61. The van der Waals surface area contributed by atoms with E-state index in [0.717, 1.165) is 32.8 Å². The Bertz CT molecular complexity index is 187. The average Bonchev–Trinajstić information content (AvgIpc) is 2.59. The number of nitrogens with one attached hydrogen (secondary N) is 1. The standard InChI is InChI=1S/C12H25N3O/c1-12(11-14-6-3-13-4-7-14)15-5-2-9-16-10-8-15/h12-13H,2-11H2,1H3. The molecular weight excluding hydrogens is 202 g/mol. The molecular formula is C12H25N3O. The van der Waals surface area contributed by atoms with E-state index in [1.54, 1.807) is 0 Å². The van der Waals surface area contributed by atoms with Crippen LogP contribution in [0.25, 0.3) is 0 Å². The molecule has 1 atom stereocenters. The summed E-state index contributed by atoms with van der Waals surface area (Å²) in [5, 5.41) is 3.40. The molecule has 4 nitrogen and oxygen atoms in total. The molecule has 2 aliphatic heterocycles. The van der Waals surface area contributed by atoms with E-state index in [9.17, 15) is 0 Å². The summed E-state index contributed by atoms with van der Waals surface area (Å²) in [4.78, 5) is 5.15. The van der Waals surface area contributed by atoms with Gasteiger partial charge < -0.3 is 10.1 Å². The second-order valence-corrected chi connectivity index (χ2v) is 4.90. The Hall–Kier alpha value is -0.160. The zero-order valence-electron chi connectivity index (χ0n) is 10.5. The van der Waals surface area contributed by atoms with Crippen LogP contribution in [0.2, 0.25) is 0 Å². The van der Waals surface area contributed by atoms with Crippen molar-refractivity contribution in [3.8, 4) is 0 Å². The lowest BCUT2D eigenvalue weighted by molar-refractivity contribution is 0.117. The van der Waals surface area contributed by atoms with Crippen LogP contribution in [-0.4, -0.2) is 74.9 Å². The Labute approximate surface area is 98.9 Å². The van der Waals surface area contributed by atoms with Gasteiger partial charge in [0.05, 0.1) is 6.61 Å². The maximum Gasteiger partial charge on any atom is 0.0593 e. The minimum atomic E-state index is 0.666. The number of hydrogen-bond acceptors (Lipinski definition) is 4. The molecule has 0 amide bonds. The summed E-state index contributed by atoms with van der Waals surface area (Å²) in [5.41, 5.74) is 0. The number of hydrogen-bond donors (Lipinski definition) is 1. The van der Waals surface area contributed by atoms with Gasteiger partial charge in [0.15, 0.2) is 0 Å². The van der Waals surface area contributed by atoms with Crippen molar-refractivity contribution in [3.05, 3.63) is 0 Å². The molecule has 2 aliphatic rings. The van der Waals surface area contributed by atoms with E-state index in [1.807, 2.05) is 0 Å². The van der Waals surface area contributed by atoms with Crippen molar-refractivity contribution in [2.24, 2.45) is 0 Å². The van der Waals surface area contributed by atoms with Crippen molar-refractivity contribution in [2.75, 3.05) is 59.0 Å². The van der Waals surface area contributed by atoms with Gasteiger partial charge in [-0.05, 0) is 13.3 Å². The van der Waals surface area contributed by atoms with E-state index >= 15 is 0 Å². The van der Waals surface area contributed by atoms with Gasteiger partial charge in [0, 0.05) is 58.5 Å². The third kappa shape index (κ3) is 3.70. The van der Waals surface area contributed by atoms with Crippen LogP contribution in [0.1, 0.15) is 13.3 Å². The molecule has 0 spiro atoms. The lowest BCUT2D eigenvalue weighted by Gasteiger charge is -2.34. The van der Waals surface area contributed by atoms with Gasteiger partial charge in [-0.3, -0.25) is 9.80 Å². The Morgan fingerprint density at radius 2 is 1.94 bits per heavy atom. The molecule has 0 bridgehead atoms. The predicted octanol–water partition coefficient (Wildman–Crippen LogP) is 0.00240. The molecule has 0 aromatic rings. The quantitative estimate of drug-likeness (QED) is 0.735. The first-order chi connectivity index (χ1) is 7.86. The van der Waals surface area contributed by atoms with Crippen LogP contribution < -0.4 is 5.32 Å². The van der Waals surface area contributed by atoms with E-state index in [4.69, 9.17) is 4.74 Å². The molecule has 2 rings (SSSR count). The van der Waals surface area contributed by atoms with Gasteiger partial charge in [-0.1, -0.05) is 0 Å². The van der Waals surface area contributed by atoms with E-state index in [1.165, 1.54) is 32.6 Å². The van der Waals surface area contributed by atoms with Crippen LogP contribution in [0.4, 0.5) is 0 Å². The van der Waals surface area contributed by atoms with Crippen LogP contribution in [-0.2, 0) is 4.74 Å². The normalized spacial score (nSPS) is 27.6. The number of piperazine rings is 1. The van der Waals surface area contributed by atoms with Crippen molar-refractivity contribution in [3.63, 3.8) is 0 Å². The Balaban J connectivity index is 1.74. The minimum Gasteiger partial charge on any atom is -0.380 e. The molecule has 0 aromatic heterocycles. The fraction of sp³-hybridized carbons (Fsp3) is 1.00. The van der Waals surface area contributed by atoms with Gasteiger partial charge in [-0.15, -0.1) is 0 Å². The molecule has 0 saturated carbocycles. The maximum absolute atomic E-state index is 5.50. The second kappa shape index (κ2) is 6.55. The van der Waals surface area contributed by atoms with Crippen molar-refractivity contribution < 1.29 is 4.74 Å².